The predicted octanol–water partition coefficient (Wildman–Crippen LogP) is 4.59. The molecule has 0 aromatic carbocycles. The second kappa shape index (κ2) is 9.21. The van der Waals surface area contributed by atoms with Gasteiger partial charge in [-0.2, -0.15) is 0 Å². The molecule has 4 bridgehead atoms. The minimum atomic E-state index is -0.125. The summed E-state index contributed by atoms with van der Waals surface area (Å²) in [5, 5.41) is 6.67. The largest absolute Gasteiger partial charge is 0.440 e. The molecule has 178 valence electrons. The second-order valence-electron chi connectivity index (χ2n) is 11.6. The van der Waals surface area contributed by atoms with E-state index in [4.69, 9.17) is 14.0 Å². The van der Waals surface area contributed by atoms with Gasteiger partial charge in [0.05, 0.1) is 6.61 Å². The third-order valence-electron chi connectivity index (χ3n) is 8.26. The summed E-state index contributed by atoms with van der Waals surface area (Å²) in [6.45, 7) is 6.08. The van der Waals surface area contributed by atoms with Gasteiger partial charge < -0.3 is 14.8 Å². The number of aromatic nitrogens is 1. The van der Waals surface area contributed by atoms with Crippen LogP contribution < -0.4 is 15.2 Å². The lowest BCUT2D eigenvalue weighted by Gasteiger charge is -2.54. The SMILES string of the molecule is COCC(C)(C)COc1[nH+]oc(C(=O)NCC2C3CC4CC(C3)CC2C4)c1SC1CCC1. The zero-order chi connectivity index (χ0) is 22.3. The van der Waals surface area contributed by atoms with Gasteiger partial charge in [-0.25, -0.2) is 4.52 Å². The number of hydrogen-bond acceptors (Lipinski definition) is 5. The molecule has 1 heterocycles. The number of carbonyl (C=O) groups is 1. The van der Waals surface area contributed by atoms with Crippen molar-refractivity contribution in [2.45, 2.75) is 75.4 Å². The van der Waals surface area contributed by atoms with Crippen molar-refractivity contribution in [1.29, 1.82) is 0 Å². The quantitative estimate of drug-likeness (QED) is 0.549. The Morgan fingerprint density at radius 1 is 1.12 bits per heavy atom. The molecule has 0 radical (unpaired) electrons. The molecular formula is C25H39N2O4S+. The van der Waals surface area contributed by atoms with E-state index in [2.05, 4.69) is 24.3 Å². The number of ether oxygens (including phenoxy) is 2. The Bertz CT molecular complexity index is 791. The van der Waals surface area contributed by atoms with E-state index in [1.54, 1.807) is 18.9 Å². The third-order valence-corrected chi connectivity index (χ3v) is 9.68. The van der Waals surface area contributed by atoms with Crippen LogP contribution in [0.3, 0.4) is 0 Å². The van der Waals surface area contributed by atoms with Gasteiger partial charge in [-0.15, -0.1) is 11.8 Å². The Labute approximate surface area is 195 Å². The lowest BCUT2D eigenvalue weighted by Crippen LogP contribution is -2.49. The first kappa shape index (κ1) is 22.6. The van der Waals surface area contributed by atoms with Gasteiger partial charge in [0, 0.05) is 29.5 Å². The Balaban J connectivity index is 1.24. The van der Waals surface area contributed by atoms with Crippen molar-refractivity contribution >= 4 is 17.7 Å². The molecule has 1 aromatic rings. The normalized spacial score (nSPS) is 31.5. The zero-order valence-corrected chi connectivity index (χ0v) is 20.6. The van der Waals surface area contributed by atoms with Gasteiger partial charge in [0.25, 0.3) is 11.7 Å². The third kappa shape index (κ3) is 4.70. The van der Waals surface area contributed by atoms with E-state index < -0.39 is 0 Å². The Hall–Kier alpha value is -1.21. The van der Waals surface area contributed by atoms with Crippen LogP contribution in [0.15, 0.2) is 9.42 Å². The van der Waals surface area contributed by atoms with Crippen molar-refractivity contribution in [2.75, 3.05) is 26.9 Å². The summed E-state index contributed by atoms with van der Waals surface area (Å²) in [5.74, 6) is 5.01. The topological polar surface area (TPSA) is 74.8 Å². The summed E-state index contributed by atoms with van der Waals surface area (Å²) in [7, 11) is 1.70. The van der Waals surface area contributed by atoms with Crippen LogP contribution in [0.1, 0.15) is 75.8 Å². The van der Waals surface area contributed by atoms with E-state index in [1.807, 2.05) is 0 Å². The van der Waals surface area contributed by atoms with Gasteiger partial charge in [-0.05, 0) is 74.5 Å². The summed E-state index contributed by atoms with van der Waals surface area (Å²) in [6.07, 6.45) is 10.6. The molecule has 6 rings (SSSR count). The molecule has 5 aliphatic rings. The van der Waals surface area contributed by atoms with Crippen molar-refractivity contribution < 1.29 is 23.9 Å². The Morgan fingerprint density at radius 3 is 2.41 bits per heavy atom. The smallest absolute Gasteiger partial charge is 0.427 e. The fraction of sp³-hybridized carbons (Fsp3) is 0.840. The first-order valence-electron chi connectivity index (χ1n) is 12.5. The highest BCUT2D eigenvalue weighted by atomic mass is 32.2. The summed E-state index contributed by atoms with van der Waals surface area (Å²) >= 11 is 1.72. The van der Waals surface area contributed by atoms with Gasteiger partial charge in [0.15, 0.2) is 4.90 Å². The lowest BCUT2D eigenvalue weighted by molar-refractivity contribution is -0.616. The van der Waals surface area contributed by atoms with Gasteiger partial charge in [0.1, 0.15) is 6.61 Å². The minimum Gasteiger partial charge on any atom is -0.440 e. The van der Waals surface area contributed by atoms with E-state index in [0.29, 0.717) is 36.0 Å². The molecule has 0 spiro atoms. The van der Waals surface area contributed by atoms with Crippen molar-refractivity contribution in [3.05, 3.63) is 5.76 Å². The molecule has 7 heteroatoms. The van der Waals surface area contributed by atoms with Crippen LogP contribution in [0.2, 0.25) is 0 Å². The van der Waals surface area contributed by atoms with Crippen LogP contribution in [-0.2, 0) is 4.74 Å². The molecule has 5 fully saturated rings. The van der Waals surface area contributed by atoms with Crippen molar-refractivity contribution in [2.24, 2.45) is 35.0 Å². The number of thioether (sulfide) groups is 1. The van der Waals surface area contributed by atoms with Gasteiger partial charge >= 0.3 is 5.88 Å². The summed E-state index contributed by atoms with van der Waals surface area (Å²) in [6, 6.07) is 0. The zero-order valence-electron chi connectivity index (χ0n) is 19.8. The van der Waals surface area contributed by atoms with Crippen LogP contribution >= 0.6 is 11.8 Å². The molecule has 32 heavy (non-hydrogen) atoms. The number of methoxy groups -OCH3 is 1. The van der Waals surface area contributed by atoms with Crippen molar-refractivity contribution in [3.8, 4) is 5.88 Å². The first-order chi connectivity index (χ1) is 15.4. The highest BCUT2D eigenvalue weighted by molar-refractivity contribution is 8.00. The minimum absolute atomic E-state index is 0.108. The maximum absolute atomic E-state index is 13.2. The molecule has 0 atom stereocenters. The maximum Gasteiger partial charge on any atom is 0.427 e. The van der Waals surface area contributed by atoms with Crippen molar-refractivity contribution in [1.82, 2.24) is 5.32 Å². The van der Waals surface area contributed by atoms with Gasteiger partial charge in [-0.1, -0.05) is 20.3 Å². The Kier molecular flexibility index (Phi) is 6.49. The van der Waals surface area contributed by atoms with E-state index in [0.717, 1.165) is 35.1 Å². The predicted molar refractivity (Wildman–Crippen MR) is 123 cm³/mol. The summed E-state index contributed by atoms with van der Waals surface area (Å²) in [5.41, 5.74) is -0.125. The van der Waals surface area contributed by atoms with Crippen LogP contribution in [0.25, 0.3) is 0 Å². The fourth-order valence-corrected chi connectivity index (χ4v) is 8.01. The van der Waals surface area contributed by atoms with Crippen LogP contribution in [0, 0.1) is 35.0 Å². The monoisotopic (exact) mass is 463 g/mol. The standard InChI is InChI=1S/C25H38N2O4S/c1-25(2,13-29-3)14-30-24-22(32-19-5-4-6-19)21(31-27-24)23(28)26-12-20-17-8-15-7-16(10-17)11-18(20)9-15/h15-20H,4-14H2,1-3H3,(H,26,28)/p+1. The molecule has 1 amide bonds. The molecule has 5 aliphatic carbocycles. The summed E-state index contributed by atoms with van der Waals surface area (Å²) in [4.78, 5) is 14.0. The first-order valence-corrected chi connectivity index (χ1v) is 13.4. The number of amides is 1. The maximum atomic E-state index is 13.2. The molecule has 1 aromatic heterocycles. The average molecular weight is 464 g/mol. The fourth-order valence-electron chi connectivity index (χ4n) is 6.66. The number of rotatable bonds is 10. The van der Waals surface area contributed by atoms with Crippen LogP contribution in [-0.4, -0.2) is 38.0 Å². The average Bonchev–Trinajstić information content (AvgIpc) is 3.11. The molecule has 0 saturated heterocycles. The highest BCUT2D eigenvalue weighted by Crippen LogP contribution is 2.56. The number of aromatic amines is 1. The van der Waals surface area contributed by atoms with Gasteiger partial charge in [0.2, 0.25) is 0 Å². The van der Waals surface area contributed by atoms with Crippen LogP contribution in [0.4, 0.5) is 0 Å². The van der Waals surface area contributed by atoms with Crippen molar-refractivity contribution in [3.63, 3.8) is 0 Å². The number of H-pyrrole nitrogens is 1. The van der Waals surface area contributed by atoms with Crippen LogP contribution in [0.5, 0.6) is 5.88 Å². The molecule has 6 nitrogen and oxygen atoms in total. The second-order valence-corrected chi connectivity index (χ2v) is 12.9. The molecular weight excluding hydrogens is 424 g/mol. The van der Waals surface area contributed by atoms with E-state index >= 15 is 0 Å². The highest BCUT2D eigenvalue weighted by Gasteiger charge is 2.48. The van der Waals surface area contributed by atoms with E-state index in [-0.39, 0.29) is 11.3 Å². The summed E-state index contributed by atoms with van der Waals surface area (Å²) < 4.78 is 17.1. The number of hydrogen-bond donors (Lipinski definition) is 1. The van der Waals surface area contributed by atoms with Gasteiger partial charge in [-0.3, -0.25) is 4.79 Å². The molecule has 0 aliphatic heterocycles. The molecule has 2 N–H and O–H groups in total. The molecule has 0 unspecified atom stereocenters. The number of carbonyl (C=O) groups excluding carboxylic acids is 1. The lowest BCUT2D eigenvalue weighted by atomic mass is 9.52. The molecule has 5 saturated carbocycles. The Morgan fingerprint density at radius 2 is 1.81 bits per heavy atom. The number of nitrogens with one attached hydrogen (secondary N) is 2. The van der Waals surface area contributed by atoms with E-state index in [1.165, 1.54) is 51.4 Å². The van der Waals surface area contributed by atoms with E-state index in [9.17, 15) is 4.79 Å².